The van der Waals surface area contributed by atoms with E-state index in [2.05, 4.69) is 28.2 Å². The van der Waals surface area contributed by atoms with E-state index in [9.17, 15) is 0 Å². The van der Waals surface area contributed by atoms with E-state index < -0.39 is 0 Å². The van der Waals surface area contributed by atoms with Gasteiger partial charge in [-0.25, -0.2) is 4.98 Å². The highest BCUT2D eigenvalue weighted by atomic mass is 35.5. The van der Waals surface area contributed by atoms with Gasteiger partial charge in [0.1, 0.15) is 24.7 Å². The lowest BCUT2D eigenvalue weighted by molar-refractivity contribution is 0.302. The zero-order valence-corrected chi connectivity index (χ0v) is 19.7. The molecule has 5 rings (SSSR count). The molecule has 0 aliphatic rings. The summed E-state index contributed by atoms with van der Waals surface area (Å²) in [5, 5.41) is 1.83. The van der Waals surface area contributed by atoms with Gasteiger partial charge in [0.05, 0.1) is 17.4 Å². The molecule has 2 heterocycles. The Morgan fingerprint density at radius 2 is 1.60 bits per heavy atom. The van der Waals surface area contributed by atoms with Crippen molar-refractivity contribution in [1.82, 2.24) is 9.97 Å². The van der Waals surface area contributed by atoms with Crippen LogP contribution < -0.4 is 9.47 Å². The van der Waals surface area contributed by atoms with Crippen LogP contribution in [0.3, 0.4) is 0 Å². The van der Waals surface area contributed by atoms with Crippen LogP contribution >= 0.6 is 11.6 Å². The lowest BCUT2D eigenvalue weighted by Gasteiger charge is -2.12. The number of hydrogen-bond donors (Lipinski definition) is 0. The van der Waals surface area contributed by atoms with Gasteiger partial charge in [-0.05, 0) is 71.3 Å². The zero-order chi connectivity index (χ0) is 23.9. The number of halogens is 1. The predicted molar refractivity (Wildman–Crippen MR) is 142 cm³/mol. The molecule has 0 bridgehead atoms. The van der Waals surface area contributed by atoms with Crippen molar-refractivity contribution >= 4 is 34.2 Å². The molecule has 0 atom stereocenters. The molecule has 0 spiro atoms. The van der Waals surface area contributed by atoms with Crippen molar-refractivity contribution in [2.24, 2.45) is 0 Å². The third-order valence-electron chi connectivity index (χ3n) is 5.51. The van der Waals surface area contributed by atoms with Crippen molar-refractivity contribution < 1.29 is 9.47 Å². The molecule has 0 aliphatic heterocycles. The van der Waals surface area contributed by atoms with Crippen LogP contribution in [0.25, 0.3) is 22.6 Å². The molecule has 2 aromatic heterocycles. The van der Waals surface area contributed by atoms with Crippen molar-refractivity contribution in [3.63, 3.8) is 0 Å². The van der Waals surface area contributed by atoms with E-state index in [1.54, 1.807) is 12.4 Å². The van der Waals surface area contributed by atoms with Gasteiger partial charge in [-0.3, -0.25) is 4.98 Å². The minimum Gasteiger partial charge on any atom is -0.487 e. The summed E-state index contributed by atoms with van der Waals surface area (Å²) >= 11 is 6.06. The molecule has 35 heavy (non-hydrogen) atoms. The molecule has 0 aliphatic carbocycles. The average Bonchev–Trinajstić information content (AvgIpc) is 2.92. The molecule has 0 radical (unpaired) electrons. The second-order valence-electron chi connectivity index (χ2n) is 8.01. The van der Waals surface area contributed by atoms with Crippen LogP contribution in [0.2, 0.25) is 5.02 Å². The summed E-state index contributed by atoms with van der Waals surface area (Å²) in [5.41, 5.74) is 4.97. The lowest BCUT2D eigenvalue weighted by atomic mass is 10.0. The van der Waals surface area contributed by atoms with Gasteiger partial charge in [0.25, 0.3) is 0 Å². The number of para-hydroxylation sites is 1. The van der Waals surface area contributed by atoms with E-state index in [4.69, 9.17) is 21.1 Å². The Hall–Kier alpha value is -4.15. The fourth-order valence-electron chi connectivity index (χ4n) is 3.67. The molecular formula is C30H23ClN2O2. The maximum Gasteiger partial charge on any atom is 0.138 e. The van der Waals surface area contributed by atoms with Gasteiger partial charge < -0.3 is 9.47 Å². The van der Waals surface area contributed by atoms with E-state index in [0.717, 1.165) is 44.8 Å². The molecule has 0 saturated heterocycles. The van der Waals surface area contributed by atoms with E-state index in [1.165, 1.54) is 0 Å². The number of benzene rings is 3. The summed E-state index contributed by atoms with van der Waals surface area (Å²) in [5.74, 6) is 1.50. The van der Waals surface area contributed by atoms with Crippen LogP contribution in [-0.4, -0.2) is 16.6 Å². The molecule has 0 saturated carbocycles. The molecule has 5 aromatic rings. The van der Waals surface area contributed by atoms with Crippen LogP contribution in [0.4, 0.5) is 0 Å². The normalized spacial score (nSPS) is 11.4. The van der Waals surface area contributed by atoms with E-state index in [0.29, 0.717) is 18.2 Å². The Balaban J connectivity index is 1.32. The van der Waals surface area contributed by atoms with Gasteiger partial charge in [0.15, 0.2) is 0 Å². The lowest BCUT2D eigenvalue weighted by Crippen LogP contribution is -2.02. The van der Waals surface area contributed by atoms with Crippen molar-refractivity contribution in [1.29, 1.82) is 0 Å². The number of nitrogens with zero attached hydrogens (tertiary/aromatic N) is 2. The maximum atomic E-state index is 6.06. The largest absolute Gasteiger partial charge is 0.487 e. The number of aromatic nitrogens is 2. The summed E-state index contributed by atoms with van der Waals surface area (Å²) in [7, 11) is 0. The molecule has 3 aromatic carbocycles. The Labute approximate surface area is 209 Å². The molecule has 0 N–H and O–H groups in total. The summed E-state index contributed by atoms with van der Waals surface area (Å²) in [6.07, 6.45) is 5.53. The topological polar surface area (TPSA) is 44.2 Å². The van der Waals surface area contributed by atoms with E-state index >= 15 is 0 Å². The van der Waals surface area contributed by atoms with Crippen molar-refractivity contribution in [2.45, 2.75) is 6.61 Å². The SMILES string of the molecule is Clc1ccc(/C=C(\COc2cccnc2)c2ccc(OCc3ccc4ccccc4n3)cc2)cc1. The molecule has 0 fully saturated rings. The highest BCUT2D eigenvalue weighted by molar-refractivity contribution is 6.30. The monoisotopic (exact) mass is 478 g/mol. The first-order valence-electron chi connectivity index (χ1n) is 11.3. The maximum absolute atomic E-state index is 6.06. The van der Waals surface area contributed by atoms with Crippen LogP contribution in [0.1, 0.15) is 16.8 Å². The highest BCUT2D eigenvalue weighted by Gasteiger charge is 2.06. The Morgan fingerprint density at radius 1 is 0.771 bits per heavy atom. The molecule has 4 nitrogen and oxygen atoms in total. The van der Waals surface area contributed by atoms with Gasteiger partial charge in [-0.15, -0.1) is 0 Å². The third kappa shape index (κ3) is 6.05. The van der Waals surface area contributed by atoms with Gasteiger partial charge in [-0.1, -0.05) is 60.1 Å². The Bertz CT molecular complexity index is 1430. The molecule has 5 heteroatoms. The fraction of sp³-hybridized carbons (Fsp3) is 0.0667. The minimum absolute atomic E-state index is 0.398. The van der Waals surface area contributed by atoms with E-state index in [1.807, 2.05) is 84.9 Å². The van der Waals surface area contributed by atoms with E-state index in [-0.39, 0.29) is 0 Å². The first-order valence-corrected chi connectivity index (χ1v) is 11.7. The first-order chi connectivity index (χ1) is 17.2. The van der Waals surface area contributed by atoms with Crippen molar-refractivity contribution in [2.75, 3.05) is 6.61 Å². The first kappa shape index (κ1) is 22.6. The van der Waals surface area contributed by atoms with Gasteiger partial charge >= 0.3 is 0 Å². The average molecular weight is 479 g/mol. The Morgan fingerprint density at radius 3 is 2.40 bits per heavy atom. The van der Waals surface area contributed by atoms with Crippen LogP contribution in [0.15, 0.2) is 109 Å². The van der Waals surface area contributed by atoms with Gasteiger partial charge in [0, 0.05) is 16.6 Å². The highest BCUT2D eigenvalue weighted by Crippen LogP contribution is 2.24. The fourth-order valence-corrected chi connectivity index (χ4v) is 3.80. The summed E-state index contributed by atoms with van der Waals surface area (Å²) < 4.78 is 12.0. The van der Waals surface area contributed by atoms with Crippen LogP contribution in [0, 0.1) is 0 Å². The number of rotatable bonds is 8. The predicted octanol–water partition coefficient (Wildman–Crippen LogP) is 7.48. The number of pyridine rings is 2. The third-order valence-corrected chi connectivity index (χ3v) is 5.76. The summed E-state index contributed by atoms with van der Waals surface area (Å²) in [4.78, 5) is 8.80. The molecule has 172 valence electrons. The standard InChI is InChI=1S/C30H23ClN2O2/c31-26-12-7-22(8-13-26)18-25(20-34-29-5-3-17-32-19-29)23-10-15-28(16-11-23)35-21-27-14-9-24-4-1-2-6-30(24)33-27/h1-19H,20-21H2/b25-18+. The minimum atomic E-state index is 0.398. The number of fused-ring (bicyclic) bond motifs is 1. The second kappa shape index (κ2) is 10.9. The van der Waals surface area contributed by atoms with Crippen LogP contribution in [0.5, 0.6) is 11.5 Å². The molecule has 0 amide bonds. The molecular weight excluding hydrogens is 456 g/mol. The van der Waals surface area contributed by atoms with Gasteiger partial charge in [-0.2, -0.15) is 0 Å². The van der Waals surface area contributed by atoms with Crippen molar-refractivity contribution in [3.05, 3.63) is 131 Å². The smallest absolute Gasteiger partial charge is 0.138 e. The molecule has 0 unspecified atom stereocenters. The zero-order valence-electron chi connectivity index (χ0n) is 19.0. The number of hydrogen-bond acceptors (Lipinski definition) is 4. The Kier molecular flexibility index (Phi) is 7.02. The van der Waals surface area contributed by atoms with Crippen LogP contribution in [-0.2, 0) is 6.61 Å². The van der Waals surface area contributed by atoms with Crippen molar-refractivity contribution in [3.8, 4) is 11.5 Å². The number of ether oxygens (including phenoxy) is 2. The van der Waals surface area contributed by atoms with Gasteiger partial charge in [0.2, 0.25) is 0 Å². The second-order valence-corrected chi connectivity index (χ2v) is 8.44. The summed E-state index contributed by atoms with van der Waals surface area (Å²) in [6.45, 7) is 0.803. The quantitative estimate of drug-likeness (QED) is 0.217. The summed E-state index contributed by atoms with van der Waals surface area (Å²) in [6, 6.07) is 31.6.